The average molecular weight is 409 g/mol. The molecule has 0 radical (unpaired) electrons. The van der Waals surface area contributed by atoms with Crippen molar-refractivity contribution in [2.75, 3.05) is 0 Å². The van der Waals surface area contributed by atoms with Gasteiger partial charge < -0.3 is 9.90 Å². The number of benzene rings is 1. The Morgan fingerprint density at radius 2 is 1.77 bits per heavy atom. The molecular weight excluding hydrogens is 379 g/mol. The summed E-state index contributed by atoms with van der Waals surface area (Å²) < 4.78 is 4.81. The summed E-state index contributed by atoms with van der Waals surface area (Å²) >= 11 is -0.751. The van der Waals surface area contributed by atoms with Gasteiger partial charge in [-0.05, 0) is 5.56 Å². The zero-order valence-electron chi connectivity index (χ0n) is 14.4. The summed E-state index contributed by atoms with van der Waals surface area (Å²) in [5.74, 6) is -1.17. The number of hydrogen-bond donors (Lipinski definition) is 0. The van der Waals surface area contributed by atoms with E-state index in [0.29, 0.717) is 5.56 Å². The van der Waals surface area contributed by atoms with Crippen LogP contribution in [0.2, 0.25) is 13.3 Å². The summed E-state index contributed by atoms with van der Waals surface area (Å²) in [6.07, 6.45) is 7.39. The van der Waals surface area contributed by atoms with Crippen molar-refractivity contribution in [3.63, 3.8) is 0 Å². The minimum absolute atomic E-state index is 0.183. The van der Waals surface area contributed by atoms with Gasteiger partial charge in [-0.1, -0.05) is 36.9 Å². The summed E-state index contributed by atoms with van der Waals surface area (Å²) in [4.78, 5) is 10.4. The second kappa shape index (κ2) is 13.9. The third kappa shape index (κ3) is 9.29. The van der Waals surface area contributed by atoms with Gasteiger partial charge >= 0.3 is 79.5 Å². The Morgan fingerprint density at radius 1 is 1.14 bits per heavy atom. The summed E-state index contributed by atoms with van der Waals surface area (Å²) in [7, 11) is 0. The van der Waals surface area contributed by atoms with Crippen molar-refractivity contribution in [3.05, 3.63) is 42.0 Å². The van der Waals surface area contributed by atoms with E-state index < -0.39 is 25.7 Å². The molecule has 0 atom stereocenters. The van der Waals surface area contributed by atoms with Crippen molar-refractivity contribution in [2.45, 2.75) is 59.8 Å². The Bertz CT molecular complexity index is 425. The molecule has 0 saturated carbocycles. The zero-order chi connectivity index (χ0) is 16.8. The second-order valence-corrected chi connectivity index (χ2v) is 15.1. The zero-order valence-corrected chi connectivity index (χ0v) is 17.2. The van der Waals surface area contributed by atoms with Crippen LogP contribution in [0, 0.1) is 0 Å². The second-order valence-electron chi connectivity index (χ2n) is 5.35. The molecule has 1 rings (SSSR count). The number of unbranched alkanes of at least 4 members (excludes halogenated alkanes) is 3. The number of rotatable bonds is 9. The predicted molar refractivity (Wildman–Crippen MR) is 96.5 cm³/mol. The van der Waals surface area contributed by atoms with Gasteiger partial charge in [0.2, 0.25) is 0 Å². The molecule has 0 unspecified atom stereocenters. The summed E-state index contributed by atoms with van der Waals surface area (Å²) in [6, 6.07) is 6.58. The molecule has 0 heterocycles. The van der Waals surface area contributed by atoms with Gasteiger partial charge in [0.15, 0.2) is 0 Å². The van der Waals surface area contributed by atoms with Gasteiger partial charge in [0, 0.05) is 5.56 Å². The summed E-state index contributed by atoms with van der Waals surface area (Å²) in [5, 5.41) is 10.4. The Labute approximate surface area is 143 Å². The molecule has 0 bridgehead atoms. The van der Waals surface area contributed by atoms with Crippen LogP contribution in [0.25, 0.3) is 6.08 Å². The molecule has 2 nitrogen and oxygen atoms in total. The molecule has 0 saturated heterocycles. The van der Waals surface area contributed by atoms with Gasteiger partial charge in [-0.2, -0.15) is 0 Å². The monoisotopic (exact) mass is 410 g/mol. The van der Waals surface area contributed by atoms with Crippen LogP contribution in [0.3, 0.4) is 0 Å². The molecular formula is C19H30O2Sn. The molecule has 0 fully saturated rings. The van der Waals surface area contributed by atoms with Crippen molar-refractivity contribution < 1.29 is 9.90 Å². The van der Waals surface area contributed by atoms with E-state index in [1.807, 2.05) is 0 Å². The van der Waals surface area contributed by atoms with Gasteiger partial charge in [0.25, 0.3) is 0 Å². The Kier molecular flexibility index (Phi) is 13.4. The number of carboxylic acid groups (broad SMARTS) is 1. The van der Waals surface area contributed by atoms with Crippen LogP contribution >= 0.6 is 0 Å². The molecule has 0 amide bonds. The third-order valence-electron chi connectivity index (χ3n) is 3.78. The minimum atomic E-state index is -1.17. The fourth-order valence-corrected chi connectivity index (χ4v) is 7.85. The van der Waals surface area contributed by atoms with Crippen molar-refractivity contribution in [2.24, 2.45) is 0 Å². The molecule has 0 aromatic heterocycles. The van der Waals surface area contributed by atoms with Crippen LogP contribution in [0.15, 0.2) is 30.8 Å². The SMILES string of the molecule is C=Cc1ccccc1C(=O)[O-].CCCCC[CH2][Sn+]([CH2]C)[CH2]C. The first kappa shape index (κ1) is 21.2. The number of hydrogen-bond acceptors (Lipinski definition) is 2. The first-order valence-electron chi connectivity index (χ1n) is 8.36. The molecule has 0 aliphatic carbocycles. The number of carbonyl (C=O) groups excluding carboxylic acids is 1. The maximum atomic E-state index is 10.4. The molecule has 3 heteroatoms. The van der Waals surface area contributed by atoms with E-state index in [4.69, 9.17) is 0 Å². The molecule has 1 aromatic carbocycles. The van der Waals surface area contributed by atoms with E-state index in [9.17, 15) is 9.90 Å². The molecule has 0 aliphatic heterocycles. The molecule has 0 spiro atoms. The Morgan fingerprint density at radius 3 is 2.23 bits per heavy atom. The van der Waals surface area contributed by atoms with Crippen molar-refractivity contribution in [1.82, 2.24) is 0 Å². The van der Waals surface area contributed by atoms with E-state index in [1.54, 1.807) is 37.9 Å². The topological polar surface area (TPSA) is 40.1 Å². The van der Waals surface area contributed by atoms with E-state index in [-0.39, 0.29) is 5.56 Å². The predicted octanol–water partition coefficient (Wildman–Crippen LogP) is 4.79. The Balaban J connectivity index is 0.000000401. The number of aromatic carboxylic acids is 1. The summed E-state index contributed by atoms with van der Waals surface area (Å²) in [6.45, 7) is 10.6. The van der Waals surface area contributed by atoms with E-state index >= 15 is 0 Å². The fourth-order valence-electron chi connectivity index (χ4n) is 2.27. The first-order chi connectivity index (χ1) is 10.6. The van der Waals surface area contributed by atoms with Crippen LogP contribution in [0.1, 0.15) is 62.4 Å². The Hall–Kier alpha value is -0.771. The van der Waals surface area contributed by atoms with Crippen molar-refractivity contribution in [1.29, 1.82) is 0 Å². The van der Waals surface area contributed by atoms with Crippen LogP contribution < -0.4 is 5.11 Å². The van der Waals surface area contributed by atoms with Gasteiger partial charge in [-0.25, -0.2) is 0 Å². The number of carbonyl (C=O) groups is 1. The van der Waals surface area contributed by atoms with Gasteiger partial charge in [-0.15, -0.1) is 0 Å². The molecule has 122 valence electrons. The van der Waals surface area contributed by atoms with Crippen molar-refractivity contribution >= 4 is 31.8 Å². The first-order valence-corrected chi connectivity index (χ1v) is 14.4. The normalized spacial score (nSPS) is 9.59. The van der Waals surface area contributed by atoms with Crippen LogP contribution in [0.4, 0.5) is 0 Å². The maximum absolute atomic E-state index is 10.4. The molecule has 0 N–H and O–H groups in total. The fraction of sp³-hybridized carbons (Fsp3) is 0.526. The summed E-state index contributed by atoms with van der Waals surface area (Å²) in [5.41, 5.74) is 0.773. The number of carboxylic acids is 1. The third-order valence-corrected chi connectivity index (χ3v) is 12.5. The van der Waals surface area contributed by atoms with E-state index in [2.05, 4.69) is 27.4 Å². The quantitative estimate of drug-likeness (QED) is 0.435. The van der Waals surface area contributed by atoms with Gasteiger partial charge in [0.05, 0.1) is 5.97 Å². The van der Waals surface area contributed by atoms with Gasteiger partial charge in [-0.3, -0.25) is 0 Å². The van der Waals surface area contributed by atoms with Gasteiger partial charge in [0.1, 0.15) is 0 Å². The van der Waals surface area contributed by atoms with Crippen LogP contribution in [0.5, 0.6) is 0 Å². The van der Waals surface area contributed by atoms with E-state index in [0.717, 1.165) is 0 Å². The standard InChI is InChI=1S/C9H8O2.C6H13.2C2H5.Sn/c1-2-7-5-3-4-6-8(7)9(10)11;1-3-5-6-4-2;2*1-2;/h2-6H,1H2,(H,10,11);1,3-6H2,2H3;2*1H2,2H3;/q;;;;+1/p-1. The van der Waals surface area contributed by atoms with E-state index in [1.165, 1.54) is 31.4 Å². The average Bonchev–Trinajstić information content (AvgIpc) is 2.55. The van der Waals surface area contributed by atoms with Crippen molar-refractivity contribution in [3.8, 4) is 0 Å². The molecule has 0 aliphatic rings. The molecule has 1 aromatic rings. The van der Waals surface area contributed by atoms with Crippen LogP contribution in [-0.2, 0) is 0 Å². The molecule has 22 heavy (non-hydrogen) atoms. The van der Waals surface area contributed by atoms with Crippen LogP contribution in [-0.4, -0.2) is 25.7 Å².